The van der Waals surface area contributed by atoms with Crippen molar-refractivity contribution in [3.8, 4) is 0 Å². The Morgan fingerprint density at radius 3 is 2.67 bits per heavy atom. The minimum Gasteiger partial charge on any atom is -0.319 e. The third-order valence-corrected chi connectivity index (χ3v) is 2.77. The molecule has 1 aliphatic rings. The Kier molecular flexibility index (Phi) is 3.73. The molecule has 0 aromatic carbocycles. The lowest BCUT2D eigenvalue weighted by atomic mass is 9.80. The van der Waals surface area contributed by atoms with Crippen LogP contribution in [0.3, 0.4) is 0 Å². The molecule has 0 aliphatic heterocycles. The molecule has 1 fully saturated rings. The minimum absolute atomic E-state index is 0.204. The Hall–Kier alpha value is -0.370. The van der Waals surface area contributed by atoms with Gasteiger partial charge in [0.1, 0.15) is 5.78 Å². The summed E-state index contributed by atoms with van der Waals surface area (Å²) in [4.78, 5) is 11.5. The summed E-state index contributed by atoms with van der Waals surface area (Å²) in [6.07, 6.45) is 4.71. The third-order valence-electron chi connectivity index (χ3n) is 2.77. The van der Waals surface area contributed by atoms with E-state index < -0.39 is 0 Å². The van der Waals surface area contributed by atoms with Crippen LogP contribution in [0.2, 0.25) is 0 Å². The van der Waals surface area contributed by atoms with Crippen LogP contribution < -0.4 is 5.32 Å². The van der Waals surface area contributed by atoms with Crippen molar-refractivity contribution in [3.05, 3.63) is 0 Å². The lowest BCUT2D eigenvalue weighted by Gasteiger charge is -2.25. The molecule has 0 aromatic rings. The Morgan fingerprint density at radius 1 is 1.58 bits per heavy atom. The molecular formula is C10H19NO. The van der Waals surface area contributed by atoms with E-state index >= 15 is 0 Å². The molecule has 0 aromatic heterocycles. The highest BCUT2D eigenvalue weighted by Gasteiger charge is 2.22. The average molecular weight is 169 g/mol. The highest BCUT2D eigenvalue weighted by Crippen LogP contribution is 2.30. The summed E-state index contributed by atoms with van der Waals surface area (Å²) < 4.78 is 0. The van der Waals surface area contributed by atoms with Gasteiger partial charge in [-0.25, -0.2) is 0 Å². The molecule has 12 heavy (non-hydrogen) atoms. The molecule has 0 radical (unpaired) electrons. The largest absolute Gasteiger partial charge is 0.319 e. The van der Waals surface area contributed by atoms with Gasteiger partial charge in [-0.2, -0.15) is 0 Å². The van der Waals surface area contributed by atoms with Crippen LogP contribution in [0.25, 0.3) is 0 Å². The van der Waals surface area contributed by atoms with E-state index in [4.69, 9.17) is 0 Å². The summed E-state index contributed by atoms with van der Waals surface area (Å²) in [5.41, 5.74) is 0. The molecule has 2 heteroatoms. The third kappa shape index (κ3) is 2.59. The van der Waals surface area contributed by atoms with Gasteiger partial charge in [0.25, 0.3) is 0 Å². The first-order valence-electron chi connectivity index (χ1n) is 4.91. The molecule has 70 valence electrons. The second-order valence-corrected chi connectivity index (χ2v) is 3.93. The van der Waals surface area contributed by atoms with Crippen molar-refractivity contribution in [2.75, 3.05) is 13.6 Å². The van der Waals surface area contributed by atoms with Crippen LogP contribution in [0, 0.1) is 11.8 Å². The van der Waals surface area contributed by atoms with Crippen molar-refractivity contribution in [1.82, 2.24) is 5.32 Å². The predicted octanol–water partition coefficient (Wildman–Crippen LogP) is 1.60. The van der Waals surface area contributed by atoms with E-state index in [1.54, 1.807) is 0 Å². The predicted molar refractivity (Wildman–Crippen MR) is 50.1 cm³/mol. The van der Waals surface area contributed by atoms with Crippen LogP contribution in [0.15, 0.2) is 0 Å². The lowest BCUT2D eigenvalue weighted by Crippen LogP contribution is -2.26. The summed E-state index contributed by atoms with van der Waals surface area (Å²) in [7, 11) is 1.90. The van der Waals surface area contributed by atoms with Gasteiger partial charge in [0, 0.05) is 18.9 Å². The summed E-state index contributed by atoms with van der Waals surface area (Å²) in [5, 5.41) is 3.04. The molecule has 0 heterocycles. The van der Waals surface area contributed by atoms with E-state index in [2.05, 4.69) is 5.32 Å². The van der Waals surface area contributed by atoms with Crippen LogP contribution in [-0.4, -0.2) is 19.4 Å². The summed E-state index contributed by atoms with van der Waals surface area (Å²) >= 11 is 0. The number of rotatable bonds is 5. The van der Waals surface area contributed by atoms with Crippen molar-refractivity contribution < 1.29 is 4.79 Å². The molecule has 1 N–H and O–H groups in total. The molecular weight excluding hydrogens is 150 g/mol. The van der Waals surface area contributed by atoms with Crippen molar-refractivity contribution in [2.45, 2.75) is 32.6 Å². The van der Waals surface area contributed by atoms with E-state index in [1.165, 1.54) is 19.3 Å². The maximum absolute atomic E-state index is 11.5. The molecule has 0 spiro atoms. The second kappa shape index (κ2) is 4.61. The maximum Gasteiger partial charge on any atom is 0.137 e. The molecule has 0 saturated heterocycles. The van der Waals surface area contributed by atoms with Crippen molar-refractivity contribution >= 4 is 5.78 Å². The minimum atomic E-state index is 0.204. The second-order valence-electron chi connectivity index (χ2n) is 3.93. The molecule has 2 nitrogen and oxygen atoms in total. The summed E-state index contributed by atoms with van der Waals surface area (Å²) in [6.45, 7) is 2.84. The monoisotopic (exact) mass is 169 g/mol. The standard InChI is InChI=1S/C10H19NO/c1-8(7-11-2)10(12)6-9-4-3-5-9/h8-9,11H,3-7H2,1-2H3. The van der Waals surface area contributed by atoms with Crippen LogP contribution in [0.1, 0.15) is 32.6 Å². The quantitative estimate of drug-likeness (QED) is 0.677. The van der Waals surface area contributed by atoms with Gasteiger partial charge in [-0.15, -0.1) is 0 Å². The van der Waals surface area contributed by atoms with Crippen LogP contribution in [0.4, 0.5) is 0 Å². The fourth-order valence-electron chi connectivity index (χ4n) is 1.60. The first-order chi connectivity index (χ1) is 5.74. The average Bonchev–Trinajstić information content (AvgIpc) is 1.97. The van der Waals surface area contributed by atoms with Crippen molar-refractivity contribution in [1.29, 1.82) is 0 Å². The lowest BCUT2D eigenvalue weighted by molar-refractivity contribution is -0.123. The Morgan fingerprint density at radius 2 is 2.25 bits per heavy atom. The van der Waals surface area contributed by atoms with E-state index in [-0.39, 0.29) is 5.92 Å². The van der Waals surface area contributed by atoms with Gasteiger partial charge in [0.15, 0.2) is 0 Å². The molecule has 1 saturated carbocycles. The molecule has 1 rings (SSSR count). The SMILES string of the molecule is CNCC(C)C(=O)CC1CCC1. The number of ketones is 1. The van der Waals surface area contributed by atoms with E-state index in [0.717, 1.165) is 18.9 Å². The number of carbonyl (C=O) groups is 1. The molecule has 1 atom stereocenters. The van der Waals surface area contributed by atoms with Crippen molar-refractivity contribution in [3.63, 3.8) is 0 Å². The normalized spacial score (nSPS) is 20.2. The van der Waals surface area contributed by atoms with E-state index in [0.29, 0.717) is 5.78 Å². The van der Waals surface area contributed by atoms with Crippen molar-refractivity contribution in [2.24, 2.45) is 11.8 Å². The van der Waals surface area contributed by atoms with Crippen LogP contribution in [0.5, 0.6) is 0 Å². The Bertz CT molecular complexity index is 152. The number of Topliss-reactive ketones (excluding diaryl/α,β-unsaturated/α-hetero) is 1. The van der Waals surface area contributed by atoms with Gasteiger partial charge in [-0.05, 0) is 13.0 Å². The summed E-state index contributed by atoms with van der Waals surface area (Å²) in [5.74, 6) is 1.36. The zero-order valence-corrected chi connectivity index (χ0v) is 8.10. The maximum atomic E-state index is 11.5. The Labute approximate surface area is 74.7 Å². The van der Waals surface area contributed by atoms with Gasteiger partial charge in [0.05, 0.1) is 0 Å². The number of carbonyl (C=O) groups excluding carboxylic acids is 1. The molecule has 0 amide bonds. The molecule has 1 unspecified atom stereocenters. The zero-order chi connectivity index (χ0) is 8.97. The first kappa shape index (κ1) is 9.72. The van der Waals surface area contributed by atoms with E-state index in [1.807, 2.05) is 14.0 Å². The van der Waals surface area contributed by atoms with Gasteiger partial charge in [0.2, 0.25) is 0 Å². The smallest absolute Gasteiger partial charge is 0.137 e. The Balaban J connectivity index is 2.16. The number of hydrogen-bond acceptors (Lipinski definition) is 2. The van der Waals surface area contributed by atoms with Crippen LogP contribution in [-0.2, 0) is 4.79 Å². The number of hydrogen-bond donors (Lipinski definition) is 1. The highest BCUT2D eigenvalue weighted by molar-refractivity contribution is 5.81. The first-order valence-corrected chi connectivity index (χ1v) is 4.91. The van der Waals surface area contributed by atoms with Gasteiger partial charge < -0.3 is 5.32 Å². The molecule has 0 bridgehead atoms. The fourth-order valence-corrected chi connectivity index (χ4v) is 1.60. The number of nitrogens with one attached hydrogen (secondary N) is 1. The van der Waals surface area contributed by atoms with Gasteiger partial charge in [-0.3, -0.25) is 4.79 Å². The van der Waals surface area contributed by atoms with Gasteiger partial charge >= 0.3 is 0 Å². The zero-order valence-electron chi connectivity index (χ0n) is 8.10. The topological polar surface area (TPSA) is 29.1 Å². The molecule has 1 aliphatic carbocycles. The fraction of sp³-hybridized carbons (Fsp3) is 0.900. The summed E-state index contributed by atoms with van der Waals surface area (Å²) in [6, 6.07) is 0. The van der Waals surface area contributed by atoms with Gasteiger partial charge in [-0.1, -0.05) is 26.2 Å². The van der Waals surface area contributed by atoms with Crippen LogP contribution >= 0.6 is 0 Å². The highest BCUT2D eigenvalue weighted by atomic mass is 16.1. The van der Waals surface area contributed by atoms with E-state index in [9.17, 15) is 4.79 Å².